The lowest BCUT2D eigenvalue weighted by molar-refractivity contribution is -0.138. The van der Waals surface area contributed by atoms with Crippen molar-refractivity contribution in [3.8, 4) is 0 Å². The van der Waals surface area contributed by atoms with Crippen molar-refractivity contribution in [3.05, 3.63) is 28.2 Å². The molecule has 0 saturated heterocycles. The highest BCUT2D eigenvalue weighted by Crippen LogP contribution is 2.30. The number of benzene rings is 1. The van der Waals surface area contributed by atoms with Crippen LogP contribution in [0.25, 0.3) is 0 Å². The highest BCUT2D eigenvalue weighted by molar-refractivity contribution is 9.10. The molecule has 0 aromatic heterocycles. The summed E-state index contributed by atoms with van der Waals surface area (Å²) in [6.07, 6.45) is 2.00. The Balaban J connectivity index is 1.91. The SMILES string of the molecule is Cc1cc(Br)ccc1SCC(=O)N(CCC(=O)O)C1CC1. The molecule has 114 valence electrons. The van der Waals surface area contributed by atoms with Gasteiger partial charge < -0.3 is 10.0 Å². The largest absolute Gasteiger partial charge is 0.481 e. The van der Waals surface area contributed by atoms with E-state index in [1.807, 2.05) is 25.1 Å². The molecule has 1 N–H and O–H groups in total. The van der Waals surface area contributed by atoms with Crippen molar-refractivity contribution < 1.29 is 14.7 Å². The lowest BCUT2D eigenvalue weighted by Gasteiger charge is -2.21. The van der Waals surface area contributed by atoms with Gasteiger partial charge in [0.05, 0.1) is 12.2 Å². The van der Waals surface area contributed by atoms with Crippen LogP contribution in [-0.2, 0) is 9.59 Å². The third-order valence-corrected chi connectivity index (χ3v) is 5.02. The van der Waals surface area contributed by atoms with E-state index in [2.05, 4.69) is 15.9 Å². The zero-order chi connectivity index (χ0) is 15.4. The minimum Gasteiger partial charge on any atom is -0.481 e. The van der Waals surface area contributed by atoms with E-state index in [0.29, 0.717) is 12.3 Å². The summed E-state index contributed by atoms with van der Waals surface area (Å²) in [7, 11) is 0. The maximum Gasteiger partial charge on any atom is 0.305 e. The molecule has 0 bridgehead atoms. The highest BCUT2D eigenvalue weighted by Gasteiger charge is 2.32. The zero-order valence-electron chi connectivity index (χ0n) is 11.8. The summed E-state index contributed by atoms with van der Waals surface area (Å²) < 4.78 is 1.02. The van der Waals surface area contributed by atoms with E-state index in [1.54, 1.807) is 4.90 Å². The van der Waals surface area contributed by atoms with Gasteiger partial charge in [0.15, 0.2) is 0 Å². The number of amides is 1. The molecule has 21 heavy (non-hydrogen) atoms. The molecule has 0 radical (unpaired) electrons. The summed E-state index contributed by atoms with van der Waals surface area (Å²) in [6.45, 7) is 2.33. The van der Waals surface area contributed by atoms with Gasteiger partial charge in [0.1, 0.15) is 0 Å². The Morgan fingerprint density at radius 3 is 2.71 bits per heavy atom. The van der Waals surface area contributed by atoms with Gasteiger partial charge in [-0.1, -0.05) is 15.9 Å². The van der Waals surface area contributed by atoms with E-state index < -0.39 is 5.97 Å². The Hall–Kier alpha value is -1.01. The van der Waals surface area contributed by atoms with Gasteiger partial charge in [0, 0.05) is 22.0 Å². The predicted molar refractivity (Wildman–Crippen MR) is 86.6 cm³/mol. The monoisotopic (exact) mass is 371 g/mol. The number of carbonyl (C=O) groups is 2. The summed E-state index contributed by atoms with van der Waals surface area (Å²) in [4.78, 5) is 25.8. The maximum atomic E-state index is 12.3. The average molecular weight is 372 g/mol. The van der Waals surface area contributed by atoms with Gasteiger partial charge in [-0.25, -0.2) is 0 Å². The number of carboxylic acid groups (broad SMARTS) is 1. The first-order valence-electron chi connectivity index (χ1n) is 6.87. The number of carboxylic acids is 1. The van der Waals surface area contributed by atoms with Crippen molar-refractivity contribution in [2.75, 3.05) is 12.3 Å². The van der Waals surface area contributed by atoms with E-state index >= 15 is 0 Å². The third-order valence-electron chi connectivity index (χ3n) is 3.36. The Morgan fingerprint density at radius 1 is 1.43 bits per heavy atom. The van der Waals surface area contributed by atoms with Crippen LogP contribution in [0.5, 0.6) is 0 Å². The summed E-state index contributed by atoms with van der Waals surface area (Å²) in [5.74, 6) is -0.464. The molecule has 4 nitrogen and oxygen atoms in total. The second-order valence-corrected chi connectivity index (χ2v) is 7.09. The molecular formula is C15H18BrNO3S. The Bertz CT molecular complexity index is 546. The van der Waals surface area contributed by atoms with E-state index in [-0.39, 0.29) is 18.4 Å². The molecule has 1 aromatic rings. The van der Waals surface area contributed by atoms with Crippen LogP contribution >= 0.6 is 27.7 Å². The number of hydrogen-bond acceptors (Lipinski definition) is 3. The standard InChI is InChI=1S/C15H18BrNO3S/c1-10-8-11(16)2-5-13(10)21-9-14(18)17(12-3-4-12)7-6-15(19)20/h2,5,8,12H,3-4,6-7,9H2,1H3,(H,19,20). The summed E-state index contributed by atoms with van der Waals surface area (Å²) in [5.41, 5.74) is 1.13. The number of aryl methyl sites for hydroxylation is 1. The van der Waals surface area contributed by atoms with Crippen LogP contribution in [0.3, 0.4) is 0 Å². The van der Waals surface area contributed by atoms with Gasteiger partial charge in [0.2, 0.25) is 5.91 Å². The molecule has 0 unspecified atom stereocenters. The van der Waals surface area contributed by atoms with Gasteiger partial charge in [-0.15, -0.1) is 11.8 Å². The van der Waals surface area contributed by atoms with Crippen molar-refractivity contribution in [2.45, 2.75) is 37.1 Å². The second-order valence-electron chi connectivity index (χ2n) is 5.16. The van der Waals surface area contributed by atoms with Crippen molar-refractivity contribution in [1.82, 2.24) is 4.90 Å². The van der Waals surface area contributed by atoms with Crippen molar-refractivity contribution in [2.24, 2.45) is 0 Å². The molecule has 1 aliphatic rings. The Labute approximate surface area is 137 Å². The topological polar surface area (TPSA) is 57.6 Å². The van der Waals surface area contributed by atoms with Crippen molar-refractivity contribution >= 4 is 39.6 Å². The highest BCUT2D eigenvalue weighted by atomic mass is 79.9. The summed E-state index contributed by atoms with van der Waals surface area (Å²) in [5, 5.41) is 8.77. The minimum atomic E-state index is -0.857. The molecule has 0 heterocycles. The predicted octanol–water partition coefficient (Wildman–Crippen LogP) is 3.32. The number of hydrogen-bond donors (Lipinski definition) is 1. The molecule has 1 fully saturated rings. The normalized spacial score (nSPS) is 14.0. The van der Waals surface area contributed by atoms with Gasteiger partial charge in [-0.2, -0.15) is 0 Å². The maximum absolute atomic E-state index is 12.3. The van der Waals surface area contributed by atoms with E-state index in [9.17, 15) is 9.59 Å². The first kappa shape index (κ1) is 16.4. The van der Waals surface area contributed by atoms with Crippen molar-refractivity contribution in [1.29, 1.82) is 0 Å². The van der Waals surface area contributed by atoms with Crippen LogP contribution in [-0.4, -0.2) is 40.2 Å². The summed E-state index contributed by atoms with van der Waals surface area (Å²) >= 11 is 4.93. The smallest absolute Gasteiger partial charge is 0.305 e. The third kappa shape index (κ3) is 5.04. The molecule has 1 aromatic carbocycles. The number of thioether (sulfide) groups is 1. The molecule has 6 heteroatoms. The average Bonchev–Trinajstić information content (AvgIpc) is 3.22. The molecule has 1 amide bonds. The van der Waals surface area contributed by atoms with Gasteiger partial charge in [-0.05, 0) is 43.5 Å². The lowest BCUT2D eigenvalue weighted by atomic mass is 10.2. The fraction of sp³-hybridized carbons (Fsp3) is 0.467. The number of halogens is 1. The molecule has 0 atom stereocenters. The lowest BCUT2D eigenvalue weighted by Crippen LogP contribution is -2.36. The number of nitrogens with zero attached hydrogens (tertiary/aromatic N) is 1. The number of rotatable bonds is 7. The Kier molecular flexibility index (Phi) is 5.70. The quantitative estimate of drug-likeness (QED) is 0.746. The van der Waals surface area contributed by atoms with Crippen LogP contribution < -0.4 is 0 Å². The second kappa shape index (κ2) is 7.31. The fourth-order valence-corrected chi connectivity index (χ4v) is 3.48. The minimum absolute atomic E-state index is 0.0181. The number of carbonyl (C=O) groups excluding carboxylic acids is 1. The number of aliphatic carboxylic acids is 1. The first-order valence-corrected chi connectivity index (χ1v) is 8.65. The van der Waals surface area contributed by atoms with E-state index in [1.165, 1.54) is 11.8 Å². The fourth-order valence-electron chi connectivity index (χ4n) is 2.11. The van der Waals surface area contributed by atoms with Crippen LogP contribution in [0.2, 0.25) is 0 Å². The molecule has 1 aliphatic carbocycles. The molecule has 0 spiro atoms. The van der Waals surface area contributed by atoms with Crippen LogP contribution in [0, 0.1) is 6.92 Å². The Morgan fingerprint density at radius 2 is 2.14 bits per heavy atom. The summed E-state index contributed by atoms with van der Waals surface area (Å²) in [6, 6.07) is 6.23. The molecule has 1 saturated carbocycles. The van der Waals surface area contributed by atoms with E-state index in [0.717, 1.165) is 27.8 Å². The molecule has 0 aliphatic heterocycles. The van der Waals surface area contributed by atoms with Crippen molar-refractivity contribution in [3.63, 3.8) is 0 Å². The van der Waals surface area contributed by atoms with Crippen LogP contribution in [0.1, 0.15) is 24.8 Å². The van der Waals surface area contributed by atoms with Crippen LogP contribution in [0.15, 0.2) is 27.6 Å². The van der Waals surface area contributed by atoms with Gasteiger partial charge in [-0.3, -0.25) is 9.59 Å². The van der Waals surface area contributed by atoms with Gasteiger partial charge >= 0.3 is 5.97 Å². The zero-order valence-corrected chi connectivity index (χ0v) is 14.2. The molecule has 2 rings (SSSR count). The first-order chi connectivity index (χ1) is 9.97. The molecular weight excluding hydrogens is 354 g/mol. The van der Waals surface area contributed by atoms with Gasteiger partial charge in [0.25, 0.3) is 0 Å². The van der Waals surface area contributed by atoms with Crippen LogP contribution in [0.4, 0.5) is 0 Å². The van der Waals surface area contributed by atoms with E-state index in [4.69, 9.17) is 5.11 Å².